The lowest BCUT2D eigenvalue weighted by atomic mass is 9.86. The highest BCUT2D eigenvalue weighted by Gasteiger charge is 2.27. The van der Waals surface area contributed by atoms with Gasteiger partial charge in [-0.2, -0.15) is 0 Å². The molecule has 1 fully saturated rings. The lowest BCUT2D eigenvalue weighted by Gasteiger charge is -2.35. The molecule has 0 aromatic heterocycles. The predicted molar refractivity (Wildman–Crippen MR) is 100 cm³/mol. The van der Waals surface area contributed by atoms with Gasteiger partial charge in [0.05, 0.1) is 12.7 Å². The van der Waals surface area contributed by atoms with E-state index in [9.17, 15) is 4.79 Å². The number of amides is 1. The van der Waals surface area contributed by atoms with Crippen LogP contribution >= 0.6 is 0 Å². The Morgan fingerprint density at radius 2 is 1.72 bits per heavy atom. The minimum Gasteiger partial charge on any atom is -0.375 e. The number of morpholine rings is 1. The number of rotatable bonds is 6. The van der Waals surface area contributed by atoms with Gasteiger partial charge < -0.3 is 9.64 Å². The Labute approximate surface area is 149 Å². The van der Waals surface area contributed by atoms with Crippen molar-refractivity contribution >= 4 is 5.91 Å². The van der Waals surface area contributed by atoms with Crippen molar-refractivity contribution in [1.29, 1.82) is 0 Å². The molecular weight excluding hydrogens is 310 g/mol. The van der Waals surface area contributed by atoms with E-state index < -0.39 is 0 Å². The number of hydrogen-bond acceptors (Lipinski definition) is 2. The monoisotopic (exact) mass is 335 g/mol. The summed E-state index contributed by atoms with van der Waals surface area (Å²) in [5, 5.41) is 0. The average Bonchev–Trinajstić information content (AvgIpc) is 2.68. The van der Waals surface area contributed by atoms with Gasteiger partial charge in [0.1, 0.15) is 0 Å². The SMILES string of the molecule is C=CCC(=O)N1CCO[C@@H](CC(c2ccccc2)c2ccccc2)C1. The molecule has 1 heterocycles. The second kappa shape index (κ2) is 8.63. The Morgan fingerprint density at radius 1 is 1.12 bits per heavy atom. The van der Waals surface area contributed by atoms with Crippen molar-refractivity contribution in [2.24, 2.45) is 0 Å². The first kappa shape index (κ1) is 17.4. The maximum atomic E-state index is 12.2. The first-order valence-electron chi connectivity index (χ1n) is 8.88. The maximum Gasteiger partial charge on any atom is 0.226 e. The summed E-state index contributed by atoms with van der Waals surface area (Å²) in [4.78, 5) is 14.1. The lowest BCUT2D eigenvalue weighted by molar-refractivity contribution is -0.138. The number of nitrogens with zero attached hydrogens (tertiary/aromatic N) is 1. The number of hydrogen-bond donors (Lipinski definition) is 0. The third kappa shape index (κ3) is 4.58. The third-order valence-corrected chi connectivity index (χ3v) is 4.71. The van der Waals surface area contributed by atoms with Crippen molar-refractivity contribution in [1.82, 2.24) is 4.90 Å². The smallest absolute Gasteiger partial charge is 0.226 e. The molecule has 2 aromatic rings. The van der Waals surface area contributed by atoms with Crippen LogP contribution < -0.4 is 0 Å². The zero-order valence-electron chi connectivity index (χ0n) is 14.5. The predicted octanol–water partition coefficient (Wildman–Crippen LogP) is 4.01. The zero-order valence-corrected chi connectivity index (χ0v) is 14.5. The van der Waals surface area contributed by atoms with E-state index in [1.165, 1.54) is 11.1 Å². The van der Waals surface area contributed by atoms with Crippen LogP contribution in [0.3, 0.4) is 0 Å². The number of carbonyl (C=O) groups is 1. The Morgan fingerprint density at radius 3 is 2.28 bits per heavy atom. The molecule has 1 aliphatic heterocycles. The largest absolute Gasteiger partial charge is 0.375 e. The summed E-state index contributed by atoms with van der Waals surface area (Å²) >= 11 is 0. The van der Waals surface area contributed by atoms with Crippen LogP contribution in [0.15, 0.2) is 73.3 Å². The van der Waals surface area contributed by atoms with E-state index in [4.69, 9.17) is 4.74 Å². The average molecular weight is 335 g/mol. The van der Waals surface area contributed by atoms with Crippen molar-refractivity contribution in [3.05, 3.63) is 84.4 Å². The topological polar surface area (TPSA) is 29.5 Å². The van der Waals surface area contributed by atoms with Crippen molar-refractivity contribution in [2.75, 3.05) is 19.7 Å². The Bertz CT molecular complexity index is 644. The van der Waals surface area contributed by atoms with Gasteiger partial charge in [-0.1, -0.05) is 66.7 Å². The Kier molecular flexibility index (Phi) is 6.02. The quantitative estimate of drug-likeness (QED) is 0.747. The first-order valence-corrected chi connectivity index (χ1v) is 8.88. The van der Waals surface area contributed by atoms with E-state index in [-0.39, 0.29) is 17.9 Å². The molecule has 0 saturated carbocycles. The second-order valence-electron chi connectivity index (χ2n) is 6.44. The van der Waals surface area contributed by atoms with Gasteiger partial charge in [0.25, 0.3) is 0 Å². The van der Waals surface area contributed by atoms with E-state index >= 15 is 0 Å². The fourth-order valence-corrected chi connectivity index (χ4v) is 3.44. The maximum absolute atomic E-state index is 12.2. The van der Waals surface area contributed by atoms with Gasteiger partial charge in [0, 0.05) is 25.4 Å². The van der Waals surface area contributed by atoms with Gasteiger partial charge in [-0.25, -0.2) is 0 Å². The van der Waals surface area contributed by atoms with Gasteiger partial charge in [-0.15, -0.1) is 6.58 Å². The molecule has 3 heteroatoms. The highest BCUT2D eigenvalue weighted by molar-refractivity contribution is 5.77. The van der Waals surface area contributed by atoms with E-state index in [1.54, 1.807) is 6.08 Å². The minimum atomic E-state index is 0.0490. The van der Waals surface area contributed by atoms with Gasteiger partial charge in [-0.05, 0) is 17.5 Å². The zero-order chi connectivity index (χ0) is 17.5. The first-order chi connectivity index (χ1) is 12.3. The summed E-state index contributed by atoms with van der Waals surface area (Å²) in [7, 11) is 0. The second-order valence-corrected chi connectivity index (χ2v) is 6.44. The molecule has 0 radical (unpaired) electrons. The van der Waals surface area contributed by atoms with E-state index in [0.29, 0.717) is 26.1 Å². The van der Waals surface area contributed by atoms with Gasteiger partial charge >= 0.3 is 0 Å². The molecule has 3 rings (SSSR count). The normalized spacial score (nSPS) is 17.5. The summed E-state index contributed by atoms with van der Waals surface area (Å²) in [5.74, 6) is 0.404. The van der Waals surface area contributed by atoms with Crippen LogP contribution in [0.25, 0.3) is 0 Å². The van der Waals surface area contributed by atoms with E-state index in [2.05, 4.69) is 55.1 Å². The van der Waals surface area contributed by atoms with Gasteiger partial charge in [-0.3, -0.25) is 4.79 Å². The van der Waals surface area contributed by atoms with Crippen LogP contribution in [0.1, 0.15) is 29.9 Å². The minimum absolute atomic E-state index is 0.0490. The van der Waals surface area contributed by atoms with Crippen molar-refractivity contribution in [2.45, 2.75) is 24.9 Å². The molecule has 1 atom stereocenters. The number of ether oxygens (including phenoxy) is 1. The van der Waals surface area contributed by atoms with Crippen LogP contribution in [0.5, 0.6) is 0 Å². The van der Waals surface area contributed by atoms with Gasteiger partial charge in [0.2, 0.25) is 5.91 Å². The molecule has 25 heavy (non-hydrogen) atoms. The van der Waals surface area contributed by atoms with Gasteiger partial charge in [0.15, 0.2) is 0 Å². The molecule has 0 aliphatic carbocycles. The molecule has 1 amide bonds. The third-order valence-electron chi connectivity index (χ3n) is 4.71. The molecule has 1 saturated heterocycles. The molecule has 0 unspecified atom stereocenters. The summed E-state index contributed by atoms with van der Waals surface area (Å²) in [6, 6.07) is 21.1. The molecule has 0 bridgehead atoms. The fourth-order valence-electron chi connectivity index (χ4n) is 3.44. The summed E-state index contributed by atoms with van der Waals surface area (Å²) in [5.41, 5.74) is 2.57. The standard InChI is InChI=1S/C22H25NO2/c1-2-9-22(24)23-14-15-25-20(17-23)16-21(18-10-5-3-6-11-18)19-12-7-4-8-13-19/h2-8,10-13,20-21H,1,9,14-17H2/t20-/m0/s1. The van der Waals surface area contributed by atoms with E-state index in [1.807, 2.05) is 17.0 Å². The lowest BCUT2D eigenvalue weighted by Crippen LogP contribution is -2.45. The van der Waals surface area contributed by atoms with Crippen LogP contribution in [0.2, 0.25) is 0 Å². The highest BCUT2D eigenvalue weighted by atomic mass is 16.5. The number of carbonyl (C=O) groups excluding carboxylic acids is 1. The fraction of sp³-hybridized carbons (Fsp3) is 0.318. The van der Waals surface area contributed by atoms with Crippen molar-refractivity contribution in [3.8, 4) is 0 Å². The van der Waals surface area contributed by atoms with Crippen LogP contribution in [0.4, 0.5) is 0 Å². The summed E-state index contributed by atoms with van der Waals surface area (Å²) in [6.07, 6.45) is 2.98. The van der Waals surface area contributed by atoms with Crippen LogP contribution in [0, 0.1) is 0 Å². The molecule has 0 N–H and O–H groups in total. The number of benzene rings is 2. The van der Waals surface area contributed by atoms with Crippen LogP contribution in [-0.4, -0.2) is 36.6 Å². The molecule has 3 nitrogen and oxygen atoms in total. The molecular formula is C22H25NO2. The molecule has 1 aliphatic rings. The van der Waals surface area contributed by atoms with Crippen LogP contribution in [-0.2, 0) is 9.53 Å². The highest BCUT2D eigenvalue weighted by Crippen LogP contribution is 2.30. The summed E-state index contributed by atoms with van der Waals surface area (Å²) in [6.45, 7) is 5.59. The van der Waals surface area contributed by atoms with E-state index in [0.717, 1.165) is 6.42 Å². The molecule has 2 aromatic carbocycles. The Hall–Kier alpha value is -2.39. The summed E-state index contributed by atoms with van der Waals surface area (Å²) < 4.78 is 5.99. The molecule has 130 valence electrons. The Balaban J connectivity index is 1.76. The van der Waals surface area contributed by atoms with Crippen molar-refractivity contribution < 1.29 is 9.53 Å². The molecule has 0 spiro atoms. The van der Waals surface area contributed by atoms with Crippen molar-refractivity contribution in [3.63, 3.8) is 0 Å².